The molecule has 2 aromatic rings. The van der Waals surface area contributed by atoms with E-state index in [0.717, 1.165) is 16.7 Å². The van der Waals surface area contributed by atoms with Gasteiger partial charge < -0.3 is 9.80 Å². The van der Waals surface area contributed by atoms with Crippen molar-refractivity contribution in [3.05, 3.63) is 77.5 Å². The van der Waals surface area contributed by atoms with Crippen LogP contribution in [0, 0.1) is 0 Å². The van der Waals surface area contributed by atoms with Gasteiger partial charge in [-0.3, -0.25) is 9.59 Å². The van der Waals surface area contributed by atoms with E-state index >= 15 is 0 Å². The maximum absolute atomic E-state index is 13.0. The first-order valence-electron chi connectivity index (χ1n) is 8.98. The van der Waals surface area contributed by atoms with Crippen LogP contribution in [0.1, 0.15) is 43.0 Å². The molecule has 1 heterocycles. The van der Waals surface area contributed by atoms with Crippen molar-refractivity contribution in [1.29, 1.82) is 0 Å². The lowest BCUT2D eigenvalue weighted by Crippen LogP contribution is -2.37. The highest BCUT2D eigenvalue weighted by Crippen LogP contribution is 2.33. The number of carbonyl (C=O) groups is 2. The highest BCUT2D eigenvalue weighted by Gasteiger charge is 2.29. The average Bonchev–Trinajstić information content (AvgIpc) is 2.66. The molecular formula is C22H24N2O2. The number of hydrogen-bond donors (Lipinski definition) is 0. The SMILES string of the molecule is CCN(Cc1ccccc1)C(=O)CC1c2ccccc2C=CN1C(C)=O. The maximum atomic E-state index is 13.0. The van der Waals surface area contributed by atoms with E-state index in [0.29, 0.717) is 13.1 Å². The fourth-order valence-corrected chi connectivity index (χ4v) is 3.39. The van der Waals surface area contributed by atoms with Gasteiger partial charge in [-0.25, -0.2) is 0 Å². The van der Waals surface area contributed by atoms with Crippen LogP contribution in [0.4, 0.5) is 0 Å². The molecule has 134 valence electrons. The third-order valence-electron chi connectivity index (χ3n) is 4.79. The van der Waals surface area contributed by atoms with Gasteiger partial charge in [0.05, 0.1) is 12.5 Å². The Morgan fingerprint density at radius 2 is 1.73 bits per heavy atom. The van der Waals surface area contributed by atoms with Crippen molar-refractivity contribution in [3.8, 4) is 0 Å². The lowest BCUT2D eigenvalue weighted by molar-refractivity contribution is -0.135. The second kappa shape index (κ2) is 8.00. The first kappa shape index (κ1) is 17.9. The van der Waals surface area contributed by atoms with Gasteiger partial charge in [0.1, 0.15) is 0 Å². The van der Waals surface area contributed by atoms with Crippen molar-refractivity contribution in [1.82, 2.24) is 9.80 Å². The monoisotopic (exact) mass is 348 g/mol. The highest BCUT2D eigenvalue weighted by molar-refractivity contribution is 5.82. The Morgan fingerprint density at radius 3 is 2.42 bits per heavy atom. The van der Waals surface area contributed by atoms with E-state index in [1.807, 2.05) is 72.5 Å². The lowest BCUT2D eigenvalue weighted by atomic mass is 9.93. The summed E-state index contributed by atoms with van der Waals surface area (Å²) in [7, 11) is 0. The molecule has 3 rings (SSSR count). The number of amides is 2. The minimum Gasteiger partial charge on any atom is -0.339 e. The van der Waals surface area contributed by atoms with Crippen LogP contribution in [0.25, 0.3) is 6.08 Å². The van der Waals surface area contributed by atoms with Gasteiger partial charge in [-0.15, -0.1) is 0 Å². The number of fused-ring (bicyclic) bond motifs is 1. The highest BCUT2D eigenvalue weighted by atomic mass is 16.2. The van der Waals surface area contributed by atoms with E-state index in [2.05, 4.69) is 0 Å². The minimum absolute atomic E-state index is 0.0534. The second-order valence-electron chi connectivity index (χ2n) is 6.48. The molecule has 2 aromatic carbocycles. The summed E-state index contributed by atoms with van der Waals surface area (Å²) in [5, 5.41) is 0. The van der Waals surface area contributed by atoms with Crippen molar-refractivity contribution < 1.29 is 9.59 Å². The fourth-order valence-electron chi connectivity index (χ4n) is 3.39. The van der Waals surface area contributed by atoms with Crippen LogP contribution in [0.3, 0.4) is 0 Å². The summed E-state index contributed by atoms with van der Waals surface area (Å²) in [6.07, 6.45) is 4.00. The lowest BCUT2D eigenvalue weighted by Gasteiger charge is -2.33. The number of benzene rings is 2. The van der Waals surface area contributed by atoms with Crippen LogP contribution in [0.15, 0.2) is 60.8 Å². The summed E-state index contributed by atoms with van der Waals surface area (Å²) in [5.74, 6) is -0.00244. The smallest absolute Gasteiger partial charge is 0.225 e. The Balaban J connectivity index is 1.81. The van der Waals surface area contributed by atoms with Crippen molar-refractivity contribution in [3.63, 3.8) is 0 Å². The zero-order chi connectivity index (χ0) is 18.5. The van der Waals surface area contributed by atoms with Crippen LogP contribution in [-0.4, -0.2) is 28.2 Å². The van der Waals surface area contributed by atoms with Gasteiger partial charge in [0.15, 0.2) is 0 Å². The Labute approximate surface area is 154 Å². The summed E-state index contributed by atoms with van der Waals surface area (Å²) < 4.78 is 0. The van der Waals surface area contributed by atoms with E-state index in [1.54, 1.807) is 11.1 Å². The number of rotatable bonds is 5. The molecule has 0 saturated heterocycles. The molecule has 4 heteroatoms. The van der Waals surface area contributed by atoms with Gasteiger partial charge in [-0.1, -0.05) is 54.6 Å². The Morgan fingerprint density at radius 1 is 1.04 bits per heavy atom. The number of carbonyl (C=O) groups excluding carboxylic acids is 2. The van der Waals surface area contributed by atoms with E-state index < -0.39 is 0 Å². The first-order chi connectivity index (χ1) is 12.6. The van der Waals surface area contributed by atoms with Crippen molar-refractivity contribution in [2.24, 2.45) is 0 Å². The van der Waals surface area contributed by atoms with E-state index in [4.69, 9.17) is 0 Å². The summed E-state index contributed by atoms with van der Waals surface area (Å²) in [6.45, 7) is 4.74. The van der Waals surface area contributed by atoms with Crippen LogP contribution < -0.4 is 0 Å². The molecule has 0 aromatic heterocycles. The van der Waals surface area contributed by atoms with Crippen LogP contribution in [-0.2, 0) is 16.1 Å². The summed E-state index contributed by atoms with van der Waals surface area (Å²) in [4.78, 5) is 28.6. The molecule has 0 spiro atoms. The standard InChI is InChI=1S/C22H24N2O2/c1-3-23(16-18-9-5-4-6-10-18)22(26)15-21-20-12-8-7-11-19(20)13-14-24(21)17(2)25/h4-14,21H,3,15-16H2,1-2H3. The minimum atomic E-state index is -0.258. The fraction of sp³-hybridized carbons (Fsp3) is 0.273. The molecule has 0 radical (unpaired) electrons. The van der Waals surface area contributed by atoms with Gasteiger partial charge in [-0.2, -0.15) is 0 Å². The largest absolute Gasteiger partial charge is 0.339 e. The molecule has 1 unspecified atom stereocenters. The third kappa shape index (κ3) is 3.85. The zero-order valence-electron chi connectivity index (χ0n) is 15.3. The molecule has 0 N–H and O–H groups in total. The molecule has 0 fully saturated rings. The van der Waals surface area contributed by atoms with Crippen LogP contribution in [0.2, 0.25) is 0 Å². The molecule has 26 heavy (non-hydrogen) atoms. The summed E-state index contributed by atoms with van der Waals surface area (Å²) in [5.41, 5.74) is 3.19. The third-order valence-corrected chi connectivity index (χ3v) is 4.79. The average molecular weight is 348 g/mol. The van der Waals surface area contributed by atoms with Gasteiger partial charge >= 0.3 is 0 Å². The van der Waals surface area contributed by atoms with Gasteiger partial charge in [-0.05, 0) is 29.7 Å². The number of hydrogen-bond acceptors (Lipinski definition) is 2. The quantitative estimate of drug-likeness (QED) is 0.819. The predicted octanol–water partition coefficient (Wildman–Crippen LogP) is 4.00. The molecule has 0 bridgehead atoms. The molecule has 2 amide bonds. The van der Waals surface area contributed by atoms with Crippen molar-refractivity contribution in [2.45, 2.75) is 32.9 Å². The Kier molecular flexibility index (Phi) is 5.52. The van der Waals surface area contributed by atoms with Gasteiger partial charge in [0.25, 0.3) is 0 Å². The topological polar surface area (TPSA) is 40.6 Å². The van der Waals surface area contributed by atoms with E-state index in [9.17, 15) is 9.59 Å². The second-order valence-corrected chi connectivity index (χ2v) is 6.48. The Bertz CT molecular complexity index is 814. The van der Waals surface area contributed by atoms with Crippen molar-refractivity contribution >= 4 is 17.9 Å². The molecule has 1 aliphatic heterocycles. The van der Waals surface area contributed by atoms with E-state index in [1.165, 1.54) is 6.92 Å². The van der Waals surface area contributed by atoms with Gasteiger partial charge in [0.2, 0.25) is 11.8 Å². The molecule has 4 nitrogen and oxygen atoms in total. The molecule has 1 atom stereocenters. The Hall–Kier alpha value is -2.88. The summed E-state index contributed by atoms with van der Waals surface area (Å²) in [6, 6.07) is 17.7. The normalized spacial score (nSPS) is 15.5. The van der Waals surface area contributed by atoms with Crippen LogP contribution >= 0.6 is 0 Å². The number of nitrogens with zero attached hydrogens (tertiary/aromatic N) is 2. The zero-order valence-corrected chi connectivity index (χ0v) is 15.3. The van der Waals surface area contributed by atoms with Gasteiger partial charge in [0, 0.05) is 26.2 Å². The summed E-state index contributed by atoms with van der Waals surface area (Å²) >= 11 is 0. The predicted molar refractivity (Wildman–Crippen MR) is 103 cm³/mol. The maximum Gasteiger partial charge on any atom is 0.225 e. The molecule has 1 aliphatic rings. The first-order valence-corrected chi connectivity index (χ1v) is 8.98. The van der Waals surface area contributed by atoms with Crippen LogP contribution in [0.5, 0.6) is 0 Å². The molecule has 0 aliphatic carbocycles. The molecular weight excluding hydrogens is 324 g/mol. The molecule has 0 saturated carbocycles. The van der Waals surface area contributed by atoms with E-state index in [-0.39, 0.29) is 24.3 Å². The van der Waals surface area contributed by atoms with Crippen molar-refractivity contribution in [2.75, 3.05) is 6.54 Å².